The number of rotatable bonds is 5. The highest BCUT2D eigenvalue weighted by Gasteiger charge is 2.41. The molecule has 2 aliphatic heterocycles. The predicted molar refractivity (Wildman–Crippen MR) is 98.2 cm³/mol. The van der Waals surface area contributed by atoms with Crippen LogP contribution >= 0.6 is 0 Å². The largest absolute Gasteiger partial charge is 0.362 e. The molecule has 28 heavy (non-hydrogen) atoms. The van der Waals surface area contributed by atoms with E-state index in [1.54, 1.807) is 18.2 Å². The molecule has 4 rings (SSSR count). The van der Waals surface area contributed by atoms with Gasteiger partial charge in [0.15, 0.2) is 15.3 Å². The Morgan fingerprint density at radius 1 is 1.18 bits per heavy atom. The van der Waals surface area contributed by atoms with Crippen molar-refractivity contribution in [1.82, 2.24) is 25.5 Å². The van der Waals surface area contributed by atoms with E-state index in [2.05, 4.69) is 20.7 Å². The summed E-state index contributed by atoms with van der Waals surface area (Å²) in [5, 5.41) is 20.0. The van der Waals surface area contributed by atoms with E-state index in [1.807, 2.05) is 0 Å². The molecule has 0 spiro atoms. The number of benzene rings is 1. The van der Waals surface area contributed by atoms with Crippen molar-refractivity contribution in [3.63, 3.8) is 0 Å². The Labute approximate surface area is 162 Å². The lowest BCUT2D eigenvalue weighted by Crippen LogP contribution is -2.55. The number of ether oxygens (including phenoxy) is 1. The Balaban J connectivity index is 1.58. The van der Waals surface area contributed by atoms with Crippen molar-refractivity contribution in [2.24, 2.45) is 5.14 Å². The molecule has 0 amide bonds. The van der Waals surface area contributed by atoms with Crippen LogP contribution in [0.2, 0.25) is 0 Å². The lowest BCUT2D eigenvalue weighted by atomic mass is 10.1. The number of aromatic nitrogens is 4. The quantitative estimate of drug-likeness (QED) is 0.612. The lowest BCUT2D eigenvalue weighted by Gasteiger charge is -2.34. The first-order valence-corrected chi connectivity index (χ1v) is 11.9. The van der Waals surface area contributed by atoms with Crippen LogP contribution in [0.25, 0.3) is 11.4 Å². The maximum atomic E-state index is 12.6. The van der Waals surface area contributed by atoms with E-state index in [0.29, 0.717) is 19.5 Å². The minimum atomic E-state index is -3.95. The van der Waals surface area contributed by atoms with Crippen LogP contribution in [0.1, 0.15) is 18.9 Å². The van der Waals surface area contributed by atoms with E-state index in [4.69, 9.17) is 9.88 Å². The van der Waals surface area contributed by atoms with Crippen LogP contribution in [0.5, 0.6) is 0 Å². The zero-order chi connectivity index (χ0) is 19.9. The molecule has 152 valence electrons. The summed E-state index contributed by atoms with van der Waals surface area (Å²) >= 11 is 0. The maximum absolute atomic E-state index is 12.6. The Kier molecular flexibility index (Phi) is 4.95. The molecule has 0 bridgehead atoms. The predicted octanol–water partition coefficient (Wildman–Crippen LogP) is -0.948. The summed E-state index contributed by atoms with van der Waals surface area (Å²) < 4.78 is 54.3. The van der Waals surface area contributed by atoms with Crippen LogP contribution < -0.4 is 10.5 Å². The molecule has 2 unspecified atom stereocenters. The summed E-state index contributed by atoms with van der Waals surface area (Å²) in [4.78, 5) is 1.23. The molecule has 2 aliphatic rings. The average molecular weight is 428 g/mol. The molecule has 2 aromatic rings. The Bertz CT molecular complexity index is 1080. The minimum absolute atomic E-state index is 0.0977. The van der Waals surface area contributed by atoms with Crippen molar-refractivity contribution in [3.05, 3.63) is 24.3 Å². The van der Waals surface area contributed by atoms with Gasteiger partial charge in [-0.15, -0.1) is 10.2 Å². The topological polar surface area (TPSA) is 159 Å². The molecule has 1 aromatic heterocycles. The van der Waals surface area contributed by atoms with Crippen molar-refractivity contribution < 1.29 is 21.6 Å². The van der Waals surface area contributed by atoms with Gasteiger partial charge in [-0.05, 0) is 23.8 Å². The summed E-state index contributed by atoms with van der Waals surface area (Å²) in [5.41, 5.74) is -0.669. The summed E-state index contributed by atoms with van der Waals surface area (Å²) in [6.07, 6.45) is 0.743. The van der Waals surface area contributed by atoms with Gasteiger partial charge >= 0.3 is 0 Å². The van der Waals surface area contributed by atoms with Gasteiger partial charge in [0, 0.05) is 25.1 Å². The molecule has 2 atom stereocenters. The second kappa shape index (κ2) is 7.15. The molecule has 3 N–H and O–H groups in total. The number of sulfone groups is 1. The fraction of sp³-hybridized carbons (Fsp3) is 0.533. The summed E-state index contributed by atoms with van der Waals surface area (Å²) in [7, 11) is -7.36. The highest BCUT2D eigenvalue weighted by atomic mass is 32.2. The molecule has 2 fully saturated rings. The number of primary sulfonamides is 1. The third kappa shape index (κ3) is 3.55. The van der Waals surface area contributed by atoms with Crippen LogP contribution in [-0.4, -0.2) is 67.4 Å². The van der Waals surface area contributed by atoms with Gasteiger partial charge in [-0.1, -0.05) is 12.1 Å². The van der Waals surface area contributed by atoms with E-state index in [9.17, 15) is 16.8 Å². The fourth-order valence-corrected chi connectivity index (χ4v) is 5.92. The Morgan fingerprint density at radius 2 is 1.93 bits per heavy atom. The number of nitrogens with one attached hydrogen (secondary N) is 1. The van der Waals surface area contributed by atoms with Crippen molar-refractivity contribution >= 4 is 19.9 Å². The minimum Gasteiger partial charge on any atom is -0.362 e. The van der Waals surface area contributed by atoms with E-state index in [1.165, 1.54) is 10.9 Å². The van der Waals surface area contributed by atoms with Crippen LogP contribution in [-0.2, 0) is 24.6 Å². The van der Waals surface area contributed by atoms with Gasteiger partial charge in [-0.3, -0.25) is 0 Å². The third-order valence-electron chi connectivity index (χ3n) is 4.98. The summed E-state index contributed by atoms with van der Waals surface area (Å²) in [6.45, 7) is 1.13. The van der Waals surface area contributed by atoms with Gasteiger partial charge in [-0.2, -0.15) is 4.80 Å². The molecule has 0 radical (unpaired) electrons. The first-order chi connectivity index (χ1) is 13.3. The Hall–Kier alpha value is -1.93. The molecule has 2 saturated heterocycles. The second-order valence-electron chi connectivity index (χ2n) is 6.82. The highest BCUT2D eigenvalue weighted by Crippen LogP contribution is 2.30. The SMILES string of the molecule is NS(=O)(=O)c1ccccc1-c1nnn(C2CCOC(S(=O)(=O)C3CNC3)C2)n1. The van der Waals surface area contributed by atoms with Crippen molar-refractivity contribution in [2.45, 2.75) is 34.5 Å². The highest BCUT2D eigenvalue weighted by molar-refractivity contribution is 7.92. The number of sulfonamides is 1. The number of nitrogens with two attached hydrogens (primary N) is 1. The summed E-state index contributed by atoms with van der Waals surface area (Å²) in [5.74, 6) is 0.110. The summed E-state index contributed by atoms with van der Waals surface area (Å²) in [6, 6.07) is 5.80. The normalized spacial score (nSPS) is 24.0. The molecule has 13 heteroatoms. The van der Waals surface area contributed by atoms with Gasteiger partial charge in [-0.25, -0.2) is 22.0 Å². The first kappa shape index (κ1) is 19.4. The third-order valence-corrected chi connectivity index (χ3v) is 8.28. The molecule has 1 aromatic carbocycles. The molecule has 0 aliphatic carbocycles. The van der Waals surface area contributed by atoms with Gasteiger partial charge in [0.2, 0.25) is 15.8 Å². The molecular weight excluding hydrogens is 408 g/mol. The van der Waals surface area contributed by atoms with E-state index < -0.39 is 30.5 Å². The Morgan fingerprint density at radius 3 is 2.61 bits per heavy atom. The second-order valence-corrected chi connectivity index (χ2v) is 10.7. The molecule has 11 nitrogen and oxygen atoms in total. The van der Waals surface area contributed by atoms with Gasteiger partial charge in [0.25, 0.3) is 0 Å². The van der Waals surface area contributed by atoms with E-state index in [0.717, 1.165) is 0 Å². The van der Waals surface area contributed by atoms with Gasteiger partial charge in [0.05, 0.1) is 22.8 Å². The fourth-order valence-electron chi connectivity index (χ4n) is 3.28. The zero-order valence-corrected chi connectivity index (χ0v) is 16.4. The number of hydrogen-bond donors (Lipinski definition) is 2. The van der Waals surface area contributed by atoms with Gasteiger partial charge in [0.1, 0.15) is 0 Å². The molecular formula is C15H20N6O5S2. The number of nitrogens with zero attached hydrogens (tertiary/aromatic N) is 4. The van der Waals surface area contributed by atoms with Crippen molar-refractivity contribution in [3.8, 4) is 11.4 Å². The van der Waals surface area contributed by atoms with Crippen LogP contribution in [0.15, 0.2) is 29.2 Å². The van der Waals surface area contributed by atoms with Gasteiger partial charge < -0.3 is 10.1 Å². The molecule has 3 heterocycles. The smallest absolute Gasteiger partial charge is 0.238 e. The van der Waals surface area contributed by atoms with Crippen LogP contribution in [0.3, 0.4) is 0 Å². The van der Waals surface area contributed by atoms with E-state index in [-0.39, 0.29) is 35.4 Å². The maximum Gasteiger partial charge on any atom is 0.238 e. The lowest BCUT2D eigenvalue weighted by molar-refractivity contribution is 0.0335. The van der Waals surface area contributed by atoms with Crippen molar-refractivity contribution in [2.75, 3.05) is 19.7 Å². The molecule has 0 saturated carbocycles. The van der Waals surface area contributed by atoms with Crippen molar-refractivity contribution in [1.29, 1.82) is 0 Å². The zero-order valence-electron chi connectivity index (χ0n) is 14.8. The monoisotopic (exact) mass is 428 g/mol. The average Bonchev–Trinajstić information content (AvgIpc) is 3.09. The standard InChI is InChI=1S/C15H20N6O5S2/c16-28(24,25)13-4-2-1-3-12(13)15-18-20-21(19-15)10-5-6-26-14(7-10)27(22,23)11-8-17-9-11/h1-4,10-11,14,17H,5-9H2,(H2,16,24,25). The van der Waals surface area contributed by atoms with Crippen LogP contribution in [0, 0.1) is 0 Å². The number of hydrogen-bond acceptors (Lipinski definition) is 9. The number of tetrazole rings is 1. The van der Waals surface area contributed by atoms with Crippen LogP contribution in [0.4, 0.5) is 0 Å². The first-order valence-electron chi connectivity index (χ1n) is 8.73. The van der Waals surface area contributed by atoms with E-state index >= 15 is 0 Å².